The van der Waals surface area contributed by atoms with Crippen LogP contribution in [0, 0.1) is 11.3 Å². The maximum atomic E-state index is 12.3. The van der Waals surface area contributed by atoms with E-state index >= 15 is 0 Å². The van der Waals surface area contributed by atoms with E-state index in [1.54, 1.807) is 18.2 Å². The number of aromatic nitrogens is 1. The summed E-state index contributed by atoms with van der Waals surface area (Å²) in [4.78, 5) is 3.64. The number of hydrogen-bond donors (Lipinski definition) is 1. The Balaban J connectivity index is 2.27. The van der Waals surface area contributed by atoms with Gasteiger partial charge < -0.3 is 0 Å². The monoisotopic (exact) mass is 301 g/mol. The van der Waals surface area contributed by atoms with Crippen molar-refractivity contribution in [2.75, 3.05) is 4.72 Å². The van der Waals surface area contributed by atoms with Crippen LogP contribution in [0.5, 0.6) is 0 Å². The number of pyridine rings is 1. The smallest absolute Gasteiger partial charge is 0.264 e. The van der Waals surface area contributed by atoms with Crippen LogP contribution in [0.25, 0.3) is 0 Å². The van der Waals surface area contributed by atoms with Gasteiger partial charge in [0.1, 0.15) is 11.0 Å². The van der Waals surface area contributed by atoms with E-state index in [-0.39, 0.29) is 10.6 Å². The van der Waals surface area contributed by atoms with E-state index in [1.165, 1.54) is 18.3 Å². The zero-order valence-electron chi connectivity index (χ0n) is 11.6. The van der Waals surface area contributed by atoms with Crippen molar-refractivity contribution in [3.05, 3.63) is 53.9 Å². The van der Waals surface area contributed by atoms with Gasteiger partial charge >= 0.3 is 0 Å². The van der Waals surface area contributed by atoms with E-state index in [9.17, 15) is 8.42 Å². The van der Waals surface area contributed by atoms with E-state index in [0.717, 1.165) is 18.4 Å². The first-order valence-electron chi connectivity index (χ1n) is 6.53. The summed E-state index contributed by atoms with van der Waals surface area (Å²) in [5, 5.41) is 8.94. The van der Waals surface area contributed by atoms with Crippen LogP contribution >= 0.6 is 0 Å². The highest BCUT2D eigenvalue weighted by molar-refractivity contribution is 7.92. The molecule has 0 amide bonds. The summed E-state index contributed by atoms with van der Waals surface area (Å²) in [6, 6.07) is 11.8. The average molecular weight is 301 g/mol. The van der Waals surface area contributed by atoms with Gasteiger partial charge in [-0.1, -0.05) is 25.5 Å². The van der Waals surface area contributed by atoms with E-state index < -0.39 is 10.0 Å². The third-order valence-electron chi connectivity index (χ3n) is 2.91. The summed E-state index contributed by atoms with van der Waals surface area (Å²) in [5.41, 5.74) is 1.50. The molecular weight excluding hydrogens is 286 g/mol. The SMILES string of the molecule is CCCc1ccc(NS(=O)(=O)c2cccnc2C#N)cc1. The first-order chi connectivity index (χ1) is 10.1. The Labute approximate surface area is 124 Å². The molecule has 0 atom stereocenters. The number of aryl methyl sites for hydroxylation is 1. The van der Waals surface area contributed by atoms with Crippen LogP contribution < -0.4 is 4.72 Å². The van der Waals surface area contributed by atoms with Crippen molar-refractivity contribution in [1.29, 1.82) is 5.26 Å². The molecular formula is C15H15N3O2S. The van der Waals surface area contributed by atoms with Gasteiger partial charge in [-0.25, -0.2) is 13.4 Å². The lowest BCUT2D eigenvalue weighted by atomic mass is 10.1. The molecule has 0 aliphatic rings. The minimum atomic E-state index is -3.82. The summed E-state index contributed by atoms with van der Waals surface area (Å²) in [7, 11) is -3.82. The fourth-order valence-electron chi connectivity index (χ4n) is 1.93. The van der Waals surface area contributed by atoms with Gasteiger partial charge in [0.15, 0.2) is 5.69 Å². The van der Waals surface area contributed by atoms with E-state index in [0.29, 0.717) is 5.69 Å². The normalized spacial score (nSPS) is 10.9. The van der Waals surface area contributed by atoms with E-state index in [2.05, 4.69) is 16.6 Å². The number of nitrogens with zero attached hydrogens (tertiary/aromatic N) is 2. The Bertz CT molecular complexity index is 762. The summed E-state index contributed by atoms with van der Waals surface area (Å²) in [6.07, 6.45) is 3.37. The molecule has 1 N–H and O–H groups in total. The molecule has 0 radical (unpaired) electrons. The maximum absolute atomic E-state index is 12.3. The van der Waals surface area contributed by atoms with Crippen LogP contribution in [-0.2, 0) is 16.4 Å². The highest BCUT2D eigenvalue weighted by Crippen LogP contribution is 2.18. The minimum Gasteiger partial charge on any atom is -0.280 e. The fourth-order valence-corrected chi connectivity index (χ4v) is 3.10. The van der Waals surface area contributed by atoms with Crippen LogP contribution in [0.4, 0.5) is 5.69 Å². The van der Waals surface area contributed by atoms with Crippen LogP contribution in [-0.4, -0.2) is 13.4 Å². The van der Waals surface area contributed by atoms with Crippen LogP contribution in [0.3, 0.4) is 0 Å². The Morgan fingerprint density at radius 1 is 1.24 bits per heavy atom. The summed E-state index contributed by atoms with van der Waals surface area (Å²) in [6.45, 7) is 2.09. The predicted molar refractivity (Wildman–Crippen MR) is 80.2 cm³/mol. The summed E-state index contributed by atoms with van der Waals surface area (Å²) < 4.78 is 27.0. The molecule has 2 aromatic rings. The van der Waals surface area contributed by atoms with Crippen molar-refractivity contribution in [2.24, 2.45) is 0 Å². The zero-order chi connectivity index (χ0) is 15.3. The van der Waals surface area contributed by atoms with Gasteiger partial charge in [-0.3, -0.25) is 4.72 Å². The van der Waals surface area contributed by atoms with E-state index in [4.69, 9.17) is 5.26 Å². The largest absolute Gasteiger partial charge is 0.280 e. The van der Waals surface area contributed by atoms with Crippen molar-refractivity contribution in [1.82, 2.24) is 4.98 Å². The van der Waals surface area contributed by atoms with Gasteiger partial charge in [0.25, 0.3) is 10.0 Å². The molecule has 1 aromatic heterocycles. The second-order valence-electron chi connectivity index (χ2n) is 4.51. The first-order valence-corrected chi connectivity index (χ1v) is 8.02. The molecule has 0 aliphatic heterocycles. The van der Waals surface area contributed by atoms with Crippen molar-refractivity contribution in [2.45, 2.75) is 24.7 Å². The first kappa shape index (κ1) is 15.0. The quantitative estimate of drug-likeness (QED) is 0.920. The lowest BCUT2D eigenvalue weighted by molar-refractivity contribution is 0.600. The number of hydrogen-bond acceptors (Lipinski definition) is 4. The molecule has 1 aromatic carbocycles. The molecule has 21 heavy (non-hydrogen) atoms. The standard InChI is InChI=1S/C15H15N3O2S/c1-2-4-12-6-8-13(9-7-12)18-21(19,20)15-5-3-10-17-14(15)11-16/h3,5-10,18H,2,4H2,1H3. The van der Waals surface area contributed by atoms with Crippen LogP contribution in [0.1, 0.15) is 24.6 Å². The Kier molecular flexibility index (Phi) is 4.55. The molecule has 0 saturated heterocycles. The van der Waals surface area contributed by atoms with Gasteiger partial charge in [0.2, 0.25) is 0 Å². The lowest BCUT2D eigenvalue weighted by Gasteiger charge is -2.09. The maximum Gasteiger partial charge on any atom is 0.264 e. The van der Waals surface area contributed by atoms with Gasteiger partial charge in [-0.05, 0) is 36.2 Å². The number of sulfonamides is 1. The van der Waals surface area contributed by atoms with Crippen LogP contribution in [0.15, 0.2) is 47.5 Å². The molecule has 0 saturated carbocycles. The number of nitriles is 1. The third kappa shape index (κ3) is 3.58. The number of nitrogens with one attached hydrogen (secondary N) is 1. The Morgan fingerprint density at radius 3 is 2.57 bits per heavy atom. The highest BCUT2D eigenvalue weighted by atomic mass is 32.2. The molecule has 0 bridgehead atoms. The van der Waals surface area contributed by atoms with Crippen molar-refractivity contribution in [3.8, 4) is 6.07 Å². The number of rotatable bonds is 5. The van der Waals surface area contributed by atoms with Gasteiger partial charge in [0.05, 0.1) is 0 Å². The molecule has 2 rings (SSSR count). The van der Waals surface area contributed by atoms with Crippen molar-refractivity contribution < 1.29 is 8.42 Å². The van der Waals surface area contributed by atoms with Crippen molar-refractivity contribution >= 4 is 15.7 Å². The van der Waals surface area contributed by atoms with Gasteiger partial charge in [-0.2, -0.15) is 5.26 Å². The second kappa shape index (κ2) is 6.37. The predicted octanol–water partition coefficient (Wildman–Crippen LogP) is 2.71. The molecule has 5 nitrogen and oxygen atoms in total. The molecule has 1 heterocycles. The molecule has 108 valence electrons. The third-order valence-corrected chi connectivity index (χ3v) is 4.32. The molecule has 0 aliphatic carbocycles. The average Bonchev–Trinajstić information content (AvgIpc) is 2.49. The Morgan fingerprint density at radius 2 is 1.95 bits per heavy atom. The summed E-state index contributed by atoms with van der Waals surface area (Å²) >= 11 is 0. The molecule has 0 spiro atoms. The Hall–Kier alpha value is -2.39. The second-order valence-corrected chi connectivity index (χ2v) is 6.17. The van der Waals surface area contributed by atoms with E-state index in [1.807, 2.05) is 12.1 Å². The molecule has 0 unspecified atom stereocenters. The number of benzene rings is 1. The fraction of sp³-hybridized carbons (Fsp3) is 0.200. The summed E-state index contributed by atoms with van der Waals surface area (Å²) in [5.74, 6) is 0. The molecule has 0 fully saturated rings. The van der Waals surface area contributed by atoms with Gasteiger partial charge in [-0.15, -0.1) is 0 Å². The molecule has 6 heteroatoms. The van der Waals surface area contributed by atoms with Gasteiger partial charge in [0, 0.05) is 11.9 Å². The zero-order valence-corrected chi connectivity index (χ0v) is 12.4. The number of anilines is 1. The van der Waals surface area contributed by atoms with Crippen LogP contribution in [0.2, 0.25) is 0 Å². The topological polar surface area (TPSA) is 82.8 Å². The lowest BCUT2D eigenvalue weighted by Crippen LogP contribution is -2.15. The van der Waals surface area contributed by atoms with Crippen molar-refractivity contribution in [3.63, 3.8) is 0 Å². The highest BCUT2D eigenvalue weighted by Gasteiger charge is 2.19. The minimum absolute atomic E-state index is 0.118.